The van der Waals surface area contributed by atoms with Gasteiger partial charge in [0.1, 0.15) is 0 Å². The molecule has 0 aliphatic rings. The maximum Gasteiger partial charge on any atom is 0.307 e. The van der Waals surface area contributed by atoms with Gasteiger partial charge in [0, 0.05) is 29.4 Å². The molecular weight excluding hydrogens is 216 g/mol. The number of aliphatic carboxylic acids is 1. The van der Waals surface area contributed by atoms with Crippen molar-refractivity contribution < 1.29 is 18.8 Å². The summed E-state index contributed by atoms with van der Waals surface area (Å²) in [4.78, 5) is 10.5. The van der Waals surface area contributed by atoms with Gasteiger partial charge in [-0.15, -0.1) is 0 Å². The van der Waals surface area contributed by atoms with E-state index in [2.05, 4.69) is 0 Å². The lowest BCUT2D eigenvalue weighted by Crippen LogP contribution is -2.26. The summed E-state index contributed by atoms with van der Waals surface area (Å²) in [6.07, 6.45) is 0.669. The van der Waals surface area contributed by atoms with Gasteiger partial charge < -0.3 is 9.84 Å². The van der Waals surface area contributed by atoms with Crippen molar-refractivity contribution in [2.45, 2.75) is 32.8 Å². The molecule has 0 amide bonds. The van der Waals surface area contributed by atoms with Gasteiger partial charge in [0.2, 0.25) is 0 Å². The largest absolute Gasteiger partial charge is 0.481 e. The third-order valence-electron chi connectivity index (χ3n) is 2.34. The lowest BCUT2D eigenvalue weighted by Gasteiger charge is -2.22. The summed E-state index contributed by atoms with van der Waals surface area (Å²) in [7, 11) is 0.534. The van der Waals surface area contributed by atoms with Crippen LogP contribution in [0.15, 0.2) is 0 Å². The number of carboxylic acids is 1. The number of methoxy groups -OCH3 is 1. The van der Waals surface area contributed by atoms with Crippen LogP contribution in [-0.2, 0) is 20.3 Å². The van der Waals surface area contributed by atoms with E-state index >= 15 is 0 Å². The molecule has 0 rings (SSSR count). The number of ether oxygens (including phenoxy) is 1. The van der Waals surface area contributed by atoms with Gasteiger partial charge in [-0.1, -0.05) is 6.92 Å². The maximum atomic E-state index is 11.5. The second-order valence-corrected chi connectivity index (χ2v) is 5.88. The molecule has 0 saturated heterocycles. The van der Waals surface area contributed by atoms with E-state index in [4.69, 9.17) is 9.84 Å². The fourth-order valence-corrected chi connectivity index (χ4v) is 2.48. The second-order valence-electron chi connectivity index (χ2n) is 4.26. The van der Waals surface area contributed by atoms with E-state index in [9.17, 15) is 9.00 Å². The third-order valence-corrected chi connectivity index (χ3v) is 3.87. The Morgan fingerprint density at radius 3 is 2.47 bits per heavy atom. The maximum absolute atomic E-state index is 11.5. The average Bonchev–Trinajstić information content (AvgIpc) is 2.15. The lowest BCUT2D eigenvalue weighted by molar-refractivity contribution is -0.140. The van der Waals surface area contributed by atoms with Crippen molar-refractivity contribution in [3.63, 3.8) is 0 Å². The van der Waals surface area contributed by atoms with Crippen molar-refractivity contribution in [2.75, 3.05) is 18.6 Å². The molecule has 90 valence electrons. The van der Waals surface area contributed by atoms with Gasteiger partial charge in [0.25, 0.3) is 0 Å². The number of hydrogen-bond donors (Lipinski definition) is 1. The van der Waals surface area contributed by atoms with Crippen LogP contribution in [-0.4, -0.2) is 39.5 Å². The van der Waals surface area contributed by atoms with Crippen LogP contribution in [0.2, 0.25) is 0 Å². The smallest absolute Gasteiger partial charge is 0.307 e. The molecule has 2 atom stereocenters. The number of rotatable bonds is 7. The van der Waals surface area contributed by atoms with E-state index < -0.39 is 22.7 Å². The standard InChI is InChI=1S/C10H20O4S/c1-8(9(11)12)7-15(13)6-5-10(2,3)14-4/h8H,5-7H2,1-4H3,(H,11,12). The van der Waals surface area contributed by atoms with Crippen LogP contribution in [0.3, 0.4) is 0 Å². The molecule has 5 heteroatoms. The summed E-state index contributed by atoms with van der Waals surface area (Å²) in [5.41, 5.74) is -0.290. The zero-order chi connectivity index (χ0) is 12.1. The molecule has 0 saturated carbocycles. The summed E-state index contributed by atoms with van der Waals surface area (Å²) in [5, 5.41) is 8.65. The molecule has 0 spiro atoms. The zero-order valence-electron chi connectivity index (χ0n) is 9.78. The first-order valence-electron chi connectivity index (χ1n) is 4.91. The van der Waals surface area contributed by atoms with Gasteiger partial charge in [-0.3, -0.25) is 9.00 Å². The first kappa shape index (κ1) is 14.6. The summed E-state index contributed by atoms with van der Waals surface area (Å²) in [6, 6.07) is 0. The molecule has 0 fully saturated rings. The summed E-state index contributed by atoms with van der Waals surface area (Å²) >= 11 is 0. The molecule has 0 radical (unpaired) electrons. The highest BCUT2D eigenvalue weighted by molar-refractivity contribution is 7.85. The molecule has 0 aliphatic heterocycles. The minimum atomic E-state index is -1.08. The van der Waals surface area contributed by atoms with E-state index in [0.717, 1.165) is 0 Å². The lowest BCUT2D eigenvalue weighted by atomic mass is 10.1. The Hall–Kier alpha value is -0.420. The van der Waals surface area contributed by atoms with E-state index in [-0.39, 0.29) is 11.4 Å². The van der Waals surface area contributed by atoms with Crippen molar-refractivity contribution in [2.24, 2.45) is 5.92 Å². The Bertz CT molecular complexity index is 238. The third kappa shape index (κ3) is 6.62. The number of carboxylic acid groups (broad SMARTS) is 1. The zero-order valence-corrected chi connectivity index (χ0v) is 10.6. The van der Waals surface area contributed by atoms with Gasteiger partial charge in [0.15, 0.2) is 0 Å². The Morgan fingerprint density at radius 1 is 1.53 bits per heavy atom. The predicted molar refractivity (Wildman–Crippen MR) is 60.4 cm³/mol. The number of carbonyl (C=O) groups is 1. The van der Waals surface area contributed by atoms with E-state index in [1.807, 2.05) is 13.8 Å². The van der Waals surface area contributed by atoms with E-state index in [0.29, 0.717) is 12.2 Å². The van der Waals surface area contributed by atoms with Crippen LogP contribution >= 0.6 is 0 Å². The topological polar surface area (TPSA) is 63.6 Å². The first-order chi connectivity index (χ1) is 6.78. The Labute approximate surface area is 93.5 Å². The molecule has 4 nitrogen and oxygen atoms in total. The summed E-state index contributed by atoms with van der Waals surface area (Å²) < 4.78 is 16.7. The quantitative estimate of drug-likeness (QED) is 0.723. The first-order valence-corrected chi connectivity index (χ1v) is 6.40. The van der Waals surface area contributed by atoms with Gasteiger partial charge in [-0.25, -0.2) is 0 Å². The molecule has 0 bridgehead atoms. The van der Waals surface area contributed by atoms with Crippen LogP contribution < -0.4 is 0 Å². The predicted octanol–water partition coefficient (Wildman–Crippen LogP) is 1.27. The average molecular weight is 236 g/mol. The minimum Gasteiger partial charge on any atom is -0.481 e. The molecule has 0 aromatic carbocycles. The molecule has 2 unspecified atom stereocenters. The van der Waals surface area contributed by atoms with Crippen LogP contribution in [0, 0.1) is 5.92 Å². The highest BCUT2D eigenvalue weighted by atomic mass is 32.2. The summed E-state index contributed by atoms with van der Waals surface area (Å²) in [6.45, 7) is 5.41. The molecule has 0 heterocycles. The van der Waals surface area contributed by atoms with Crippen molar-refractivity contribution >= 4 is 16.8 Å². The molecular formula is C10H20O4S. The second kappa shape index (κ2) is 6.23. The normalized spacial score (nSPS) is 16.0. The monoisotopic (exact) mass is 236 g/mol. The highest BCUT2D eigenvalue weighted by Gasteiger charge is 2.20. The summed E-state index contributed by atoms with van der Waals surface area (Å²) in [5.74, 6) is -0.737. The van der Waals surface area contributed by atoms with E-state index in [1.165, 1.54) is 0 Å². The highest BCUT2D eigenvalue weighted by Crippen LogP contribution is 2.13. The fraction of sp³-hybridized carbons (Fsp3) is 0.900. The van der Waals surface area contributed by atoms with Crippen LogP contribution in [0.4, 0.5) is 0 Å². The molecule has 0 aromatic heterocycles. The van der Waals surface area contributed by atoms with Crippen molar-refractivity contribution in [1.29, 1.82) is 0 Å². The van der Waals surface area contributed by atoms with Crippen LogP contribution in [0.1, 0.15) is 27.2 Å². The fourth-order valence-electron chi connectivity index (χ4n) is 0.895. The van der Waals surface area contributed by atoms with Gasteiger partial charge in [0.05, 0.1) is 11.5 Å². The minimum absolute atomic E-state index is 0.217. The Kier molecular flexibility index (Phi) is 6.05. The van der Waals surface area contributed by atoms with Crippen LogP contribution in [0.5, 0.6) is 0 Å². The molecule has 1 N–H and O–H groups in total. The molecule has 0 aliphatic carbocycles. The molecule has 15 heavy (non-hydrogen) atoms. The van der Waals surface area contributed by atoms with Crippen molar-refractivity contribution in [3.05, 3.63) is 0 Å². The van der Waals surface area contributed by atoms with Gasteiger partial charge in [-0.2, -0.15) is 0 Å². The Balaban J connectivity index is 3.91. The molecule has 0 aromatic rings. The Morgan fingerprint density at radius 2 is 2.07 bits per heavy atom. The van der Waals surface area contributed by atoms with Gasteiger partial charge in [-0.05, 0) is 20.3 Å². The van der Waals surface area contributed by atoms with Crippen molar-refractivity contribution in [1.82, 2.24) is 0 Å². The van der Waals surface area contributed by atoms with Crippen LogP contribution in [0.25, 0.3) is 0 Å². The van der Waals surface area contributed by atoms with E-state index in [1.54, 1.807) is 14.0 Å². The SMILES string of the molecule is COC(C)(C)CCS(=O)CC(C)C(=O)O. The van der Waals surface area contributed by atoms with Gasteiger partial charge >= 0.3 is 5.97 Å². The van der Waals surface area contributed by atoms with Crippen molar-refractivity contribution in [3.8, 4) is 0 Å². The number of hydrogen-bond acceptors (Lipinski definition) is 3.